The normalized spacial score (nSPS) is 11.2. The highest BCUT2D eigenvalue weighted by molar-refractivity contribution is 7.14. The summed E-state index contributed by atoms with van der Waals surface area (Å²) in [6.45, 7) is 0.246. The number of hydrogen-bond acceptors (Lipinski definition) is 5. The van der Waals surface area contributed by atoms with Crippen molar-refractivity contribution in [3.63, 3.8) is 0 Å². The topological polar surface area (TPSA) is 80.5 Å². The highest BCUT2D eigenvalue weighted by Crippen LogP contribution is 2.37. The van der Waals surface area contributed by atoms with Crippen LogP contribution >= 0.6 is 22.9 Å². The van der Waals surface area contributed by atoms with E-state index in [1.54, 1.807) is 11.4 Å². The van der Waals surface area contributed by atoms with Crippen LogP contribution in [0.25, 0.3) is 0 Å². The number of thiophene rings is 1. The number of ether oxygens (including phenoxy) is 1. The molecular weight excluding hydrogens is 429 g/mol. The zero-order valence-corrected chi connectivity index (χ0v) is 16.2. The number of anilines is 2. The minimum Gasteiger partial charge on any atom is -0.486 e. The van der Waals surface area contributed by atoms with Gasteiger partial charge in [-0.1, -0.05) is 41.9 Å². The lowest BCUT2D eigenvalue weighted by Crippen LogP contribution is -2.40. The number of pyridine rings is 1. The molecule has 0 fully saturated rings. The predicted octanol–water partition coefficient (Wildman–Crippen LogP) is 5.31. The van der Waals surface area contributed by atoms with Gasteiger partial charge >= 0.3 is 12.2 Å². The summed E-state index contributed by atoms with van der Waals surface area (Å²) >= 11 is 7.04. The molecule has 0 saturated carbocycles. The van der Waals surface area contributed by atoms with Gasteiger partial charge in [-0.3, -0.25) is 5.43 Å². The van der Waals surface area contributed by atoms with Crippen molar-refractivity contribution in [3.8, 4) is 5.75 Å². The lowest BCUT2D eigenvalue weighted by molar-refractivity contribution is -0.137. The molecule has 0 spiro atoms. The molecule has 0 atom stereocenters. The van der Waals surface area contributed by atoms with Gasteiger partial charge in [0.05, 0.1) is 10.6 Å². The molecule has 2 heterocycles. The molecule has 3 aromatic rings. The summed E-state index contributed by atoms with van der Waals surface area (Å²) in [5.41, 5.74) is 7.87. The number of primary amides is 1. The molecule has 1 aromatic carbocycles. The first kappa shape index (κ1) is 20.7. The number of hydrazine groups is 1. The summed E-state index contributed by atoms with van der Waals surface area (Å²) in [6, 6.07) is 10.8. The molecule has 6 nitrogen and oxygen atoms in total. The Morgan fingerprint density at radius 2 is 2.00 bits per heavy atom. The van der Waals surface area contributed by atoms with Gasteiger partial charge in [0, 0.05) is 6.20 Å². The number of carbonyl (C=O) groups excluding carboxylic acids is 1. The second kappa shape index (κ2) is 8.58. The number of aromatic nitrogens is 1. The maximum Gasteiger partial charge on any atom is 0.417 e. The summed E-state index contributed by atoms with van der Waals surface area (Å²) in [7, 11) is 0. The molecule has 3 rings (SSSR count). The zero-order valence-electron chi connectivity index (χ0n) is 14.6. The van der Waals surface area contributed by atoms with Crippen molar-refractivity contribution in [1.29, 1.82) is 0 Å². The maximum atomic E-state index is 12.8. The Kier molecular flexibility index (Phi) is 6.14. The van der Waals surface area contributed by atoms with Crippen LogP contribution < -0.4 is 20.9 Å². The molecule has 29 heavy (non-hydrogen) atoms. The van der Waals surface area contributed by atoms with Gasteiger partial charge in [0.2, 0.25) is 0 Å². The third kappa shape index (κ3) is 5.09. The minimum absolute atomic E-state index is 0.166. The Balaban J connectivity index is 1.81. The van der Waals surface area contributed by atoms with Crippen molar-refractivity contribution in [1.82, 2.24) is 4.98 Å². The number of benzene rings is 1. The Morgan fingerprint density at radius 1 is 1.28 bits per heavy atom. The summed E-state index contributed by atoms with van der Waals surface area (Å²) in [5.74, 6) is 0.189. The van der Waals surface area contributed by atoms with Crippen LogP contribution in [0.2, 0.25) is 5.02 Å². The summed E-state index contributed by atoms with van der Waals surface area (Å²) in [6.07, 6.45) is -3.99. The number of amides is 2. The average molecular weight is 443 g/mol. The fourth-order valence-corrected chi connectivity index (χ4v) is 3.30. The van der Waals surface area contributed by atoms with Crippen molar-refractivity contribution >= 4 is 39.8 Å². The SMILES string of the molecule is NC(=O)N(Nc1ncc(C(F)(F)F)cc1Cl)c1sccc1OCc1ccccc1. The molecule has 2 aromatic heterocycles. The molecule has 0 bridgehead atoms. The quantitative estimate of drug-likeness (QED) is 0.507. The van der Waals surface area contributed by atoms with E-state index in [0.29, 0.717) is 23.0 Å². The number of nitrogens with zero attached hydrogens (tertiary/aromatic N) is 2. The Labute approximate surface area is 172 Å². The Hall–Kier alpha value is -2.98. The average Bonchev–Trinajstić information content (AvgIpc) is 3.13. The van der Waals surface area contributed by atoms with Crippen LogP contribution in [0, 0.1) is 0 Å². The van der Waals surface area contributed by atoms with Crippen molar-refractivity contribution < 1.29 is 22.7 Å². The van der Waals surface area contributed by atoms with Gasteiger partial charge < -0.3 is 10.5 Å². The van der Waals surface area contributed by atoms with Crippen LogP contribution in [-0.2, 0) is 12.8 Å². The summed E-state index contributed by atoms with van der Waals surface area (Å²) in [5, 5.41) is 2.56. The van der Waals surface area contributed by atoms with Gasteiger partial charge in [0.1, 0.15) is 6.61 Å². The van der Waals surface area contributed by atoms with E-state index in [4.69, 9.17) is 22.1 Å². The molecule has 0 unspecified atom stereocenters. The summed E-state index contributed by atoms with van der Waals surface area (Å²) < 4.78 is 44.1. The fourth-order valence-electron chi connectivity index (χ4n) is 2.28. The number of alkyl halides is 3. The number of halogens is 4. The first-order valence-corrected chi connectivity index (χ1v) is 9.34. The van der Waals surface area contributed by atoms with Crippen molar-refractivity contribution in [3.05, 3.63) is 70.2 Å². The van der Waals surface area contributed by atoms with E-state index in [-0.39, 0.29) is 17.4 Å². The molecule has 0 saturated heterocycles. The lowest BCUT2D eigenvalue weighted by Gasteiger charge is -2.22. The van der Waals surface area contributed by atoms with E-state index in [1.165, 1.54) is 0 Å². The van der Waals surface area contributed by atoms with Crippen LogP contribution in [0.15, 0.2) is 54.0 Å². The van der Waals surface area contributed by atoms with Crippen molar-refractivity contribution in [2.75, 3.05) is 10.4 Å². The summed E-state index contributed by atoms with van der Waals surface area (Å²) in [4.78, 5) is 15.6. The van der Waals surface area contributed by atoms with E-state index < -0.39 is 17.8 Å². The number of urea groups is 1. The number of rotatable bonds is 6. The van der Waals surface area contributed by atoms with Crippen LogP contribution in [0.5, 0.6) is 5.75 Å². The van der Waals surface area contributed by atoms with E-state index >= 15 is 0 Å². The second-order valence-corrected chi connectivity index (χ2v) is 7.00. The van der Waals surface area contributed by atoms with Crippen LogP contribution in [0.3, 0.4) is 0 Å². The first-order chi connectivity index (χ1) is 13.8. The van der Waals surface area contributed by atoms with Gasteiger partial charge in [-0.25, -0.2) is 9.78 Å². The van der Waals surface area contributed by atoms with Crippen LogP contribution in [0.4, 0.5) is 28.8 Å². The van der Waals surface area contributed by atoms with Gasteiger partial charge in [-0.2, -0.15) is 18.2 Å². The van der Waals surface area contributed by atoms with E-state index in [9.17, 15) is 18.0 Å². The molecule has 0 aliphatic carbocycles. The highest BCUT2D eigenvalue weighted by atomic mass is 35.5. The highest BCUT2D eigenvalue weighted by Gasteiger charge is 2.32. The second-order valence-electron chi connectivity index (χ2n) is 5.70. The van der Waals surface area contributed by atoms with E-state index in [2.05, 4.69) is 10.4 Å². The molecule has 2 amide bonds. The lowest BCUT2D eigenvalue weighted by atomic mass is 10.2. The first-order valence-electron chi connectivity index (χ1n) is 8.09. The van der Waals surface area contributed by atoms with Gasteiger partial charge in [0.15, 0.2) is 16.6 Å². The smallest absolute Gasteiger partial charge is 0.417 e. The van der Waals surface area contributed by atoms with Crippen LogP contribution in [0.1, 0.15) is 11.1 Å². The Morgan fingerprint density at radius 3 is 2.62 bits per heavy atom. The van der Waals surface area contributed by atoms with Crippen molar-refractivity contribution in [2.24, 2.45) is 5.73 Å². The molecule has 0 radical (unpaired) electrons. The maximum absolute atomic E-state index is 12.8. The van der Waals surface area contributed by atoms with Gasteiger partial charge in [-0.15, -0.1) is 11.3 Å². The van der Waals surface area contributed by atoms with E-state index in [0.717, 1.165) is 21.9 Å². The molecular formula is C18H14ClF3N4O2S. The number of nitrogens with one attached hydrogen (secondary N) is 1. The fraction of sp³-hybridized carbons (Fsp3) is 0.111. The molecule has 0 aliphatic heterocycles. The largest absolute Gasteiger partial charge is 0.486 e. The standard InChI is InChI=1S/C18H14ClF3N4O2S/c19-13-8-12(18(20,21)22)9-24-15(13)25-26(17(23)27)16-14(6-7-29-16)28-10-11-4-2-1-3-5-11/h1-9H,10H2,(H2,23,27)(H,24,25). The Bertz CT molecular complexity index is 998. The van der Waals surface area contributed by atoms with E-state index in [1.807, 2.05) is 30.3 Å². The number of nitrogens with two attached hydrogens (primary N) is 1. The van der Waals surface area contributed by atoms with Gasteiger partial charge in [-0.05, 0) is 23.1 Å². The van der Waals surface area contributed by atoms with Crippen LogP contribution in [-0.4, -0.2) is 11.0 Å². The molecule has 0 aliphatic rings. The number of hydrogen-bond donors (Lipinski definition) is 2. The third-order valence-corrected chi connectivity index (χ3v) is 4.82. The number of carbonyl (C=O) groups is 1. The van der Waals surface area contributed by atoms with Gasteiger partial charge in [0.25, 0.3) is 0 Å². The molecule has 152 valence electrons. The molecule has 11 heteroatoms. The third-order valence-electron chi connectivity index (χ3n) is 3.66. The van der Waals surface area contributed by atoms with Crippen molar-refractivity contribution in [2.45, 2.75) is 12.8 Å². The monoisotopic (exact) mass is 442 g/mol. The molecule has 3 N–H and O–H groups in total. The predicted molar refractivity (Wildman–Crippen MR) is 105 cm³/mol. The minimum atomic E-state index is -4.59. The zero-order chi connectivity index (χ0) is 21.0.